The quantitative estimate of drug-likeness (QED) is 0.445. The number of amides is 2. The number of nitrogens with one attached hydrogen (secondary N) is 1. The lowest BCUT2D eigenvalue weighted by molar-refractivity contribution is -0.142. The standard InChI is InChI=1S/C24H29BrCl2N2O3/c1-6-20(23(31)28-5)29(13-15-7-9-17(26)12-19(15)27)22(30)14-32-21-10-8-16(11-18(21)25)24(2,3)4/h7-12,20H,6,13-14H2,1-5H3,(H,28,31)/t20-/m0/s1. The largest absolute Gasteiger partial charge is 0.483 e. The first-order valence-corrected chi connectivity index (χ1v) is 11.9. The minimum atomic E-state index is -0.658. The van der Waals surface area contributed by atoms with Crippen LogP contribution in [0.25, 0.3) is 0 Å². The lowest BCUT2D eigenvalue weighted by Crippen LogP contribution is -2.49. The molecule has 5 nitrogen and oxygen atoms in total. The summed E-state index contributed by atoms with van der Waals surface area (Å²) in [5.74, 6) is -0.0104. The van der Waals surface area contributed by atoms with Crippen molar-refractivity contribution in [2.75, 3.05) is 13.7 Å². The number of ether oxygens (including phenoxy) is 1. The molecule has 0 saturated heterocycles. The van der Waals surface area contributed by atoms with Crippen LogP contribution in [-0.4, -0.2) is 36.4 Å². The Morgan fingerprint density at radius 3 is 2.38 bits per heavy atom. The lowest BCUT2D eigenvalue weighted by Gasteiger charge is -2.30. The van der Waals surface area contributed by atoms with E-state index in [1.165, 1.54) is 4.90 Å². The molecule has 0 unspecified atom stereocenters. The Kier molecular flexibility index (Phi) is 9.43. The Hall–Kier alpha value is -1.76. The molecule has 0 saturated carbocycles. The van der Waals surface area contributed by atoms with E-state index in [9.17, 15) is 9.59 Å². The maximum atomic E-state index is 13.2. The topological polar surface area (TPSA) is 58.6 Å². The summed E-state index contributed by atoms with van der Waals surface area (Å²) >= 11 is 15.9. The van der Waals surface area contributed by atoms with Crippen molar-refractivity contribution in [3.05, 3.63) is 62.0 Å². The SMILES string of the molecule is CC[C@@H](C(=O)NC)N(Cc1ccc(Cl)cc1Cl)C(=O)COc1ccc(C(C)(C)C)cc1Br. The van der Waals surface area contributed by atoms with Crippen molar-refractivity contribution >= 4 is 50.9 Å². The van der Waals surface area contributed by atoms with Gasteiger partial charge in [0.05, 0.1) is 4.47 Å². The number of likely N-dealkylation sites (N-methyl/N-ethyl adjacent to an activating group) is 1. The van der Waals surface area contributed by atoms with Gasteiger partial charge in [-0.2, -0.15) is 0 Å². The smallest absolute Gasteiger partial charge is 0.261 e. The van der Waals surface area contributed by atoms with Gasteiger partial charge in [0.2, 0.25) is 5.91 Å². The third-order valence-electron chi connectivity index (χ3n) is 5.14. The van der Waals surface area contributed by atoms with Crippen LogP contribution in [0.15, 0.2) is 40.9 Å². The molecule has 2 aromatic rings. The zero-order chi connectivity index (χ0) is 24.1. The van der Waals surface area contributed by atoms with E-state index in [0.717, 1.165) is 10.0 Å². The Morgan fingerprint density at radius 2 is 1.84 bits per heavy atom. The minimum Gasteiger partial charge on any atom is -0.483 e. The summed E-state index contributed by atoms with van der Waals surface area (Å²) in [6.45, 7) is 8.18. The first-order valence-electron chi connectivity index (χ1n) is 10.4. The fourth-order valence-corrected chi connectivity index (χ4v) is 4.19. The molecule has 0 radical (unpaired) electrons. The van der Waals surface area contributed by atoms with E-state index in [2.05, 4.69) is 42.0 Å². The van der Waals surface area contributed by atoms with E-state index >= 15 is 0 Å². The third-order valence-corrected chi connectivity index (χ3v) is 6.34. The van der Waals surface area contributed by atoms with Crippen molar-refractivity contribution < 1.29 is 14.3 Å². The molecule has 2 amide bonds. The molecule has 0 aliphatic carbocycles. The molecular formula is C24H29BrCl2N2O3. The Balaban J connectivity index is 2.25. The highest BCUT2D eigenvalue weighted by Crippen LogP contribution is 2.31. The van der Waals surface area contributed by atoms with Gasteiger partial charge in [0, 0.05) is 23.6 Å². The maximum Gasteiger partial charge on any atom is 0.261 e. The molecule has 32 heavy (non-hydrogen) atoms. The van der Waals surface area contributed by atoms with Crippen molar-refractivity contribution in [3.8, 4) is 5.75 Å². The van der Waals surface area contributed by atoms with Crippen LogP contribution in [-0.2, 0) is 21.5 Å². The van der Waals surface area contributed by atoms with Crippen LogP contribution in [0.5, 0.6) is 5.75 Å². The predicted octanol–water partition coefficient (Wildman–Crippen LogP) is 5.99. The lowest BCUT2D eigenvalue weighted by atomic mass is 9.87. The Morgan fingerprint density at radius 1 is 1.16 bits per heavy atom. The van der Waals surface area contributed by atoms with Gasteiger partial charge in [-0.05, 0) is 63.2 Å². The van der Waals surface area contributed by atoms with Gasteiger partial charge in [0.15, 0.2) is 6.61 Å². The van der Waals surface area contributed by atoms with Gasteiger partial charge in [0.1, 0.15) is 11.8 Å². The van der Waals surface area contributed by atoms with Gasteiger partial charge >= 0.3 is 0 Å². The summed E-state index contributed by atoms with van der Waals surface area (Å²) in [7, 11) is 1.55. The van der Waals surface area contributed by atoms with Crippen LogP contribution >= 0.6 is 39.1 Å². The number of hydrogen-bond donors (Lipinski definition) is 1. The molecule has 2 aromatic carbocycles. The molecule has 1 atom stereocenters. The first kappa shape index (κ1) is 26.5. The van der Waals surface area contributed by atoms with Gasteiger partial charge in [-0.15, -0.1) is 0 Å². The predicted molar refractivity (Wildman–Crippen MR) is 133 cm³/mol. The molecule has 0 aromatic heterocycles. The van der Waals surface area contributed by atoms with E-state index in [1.807, 2.05) is 25.1 Å². The monoisotopic (exact) mass is 542 g/mol. The third kappa shape index (κ3) is 6.87. The molecule has 1 N–H and O–H groups in total. The highest BCUT2D eigenvalue weighted by atomic mass is 79.9. The van der Waals surface area contributed by atoms with Crippen molar-refractivity contribution in [2.24, 2.45) is 0 Å². The highest BCUT2D eigenvalue weighted by Gasteiger charge is 2.29. The number of carbonyl (C=O) groups is 2. The first-order chi connectivity index (χ1) is 15.0. The average molecular weight is 544 g/mol. The van der Waals surface area contributed by atoms with E-state index in [4.69, 9.17) is 27.9 Å². The van der Waals surface area contributed by atoms with Gasteiger partial charge in [0.25, 0.3) is 5.91 Å². The number of benzene rings is 2. The van der Waals surface area contributed by atoms with E-state index in [0.29, 0.717) is 27.8 Å². The number of halogens is 3. The number of hydrogen-bond acceptors (Lipinski definition) is 3. The van der Waals surface area contributed by atoms with Gasteiger partial charge in [-0.3, -0.25) is 9.59 Å². The van der Waals surface area contributed by atoms with Crippen molar-refractivity contribution in [3.63, 3.8) is 0 Å². The molecule has 0 aliphatic rings. The van der Waals surface area contributed by atoms with Crippen molar-refractivity contribution in [1.82, 2.24) is 10.2 Å². The minimum absolute atomic E-state index is 0.00657. The van der Waals surface area contributed by atoms with Crippen LogP contribution in [0.2, 0.25) is 10.0 Å². The normalized spacial score (nSPS) is 12.2. The van der Waals surface area contributed by atoms with E-state index < -0.39 is 6.04 Å². The second-order valence-electron chi connectivity index (χ2n) is 8.48. The molecule has 0 aliphatic heterocycles. The summed E-state index contributed by atoms with van der Waals surface area (Å²) in [5.41, 5.74) is 1.84. The van der Waals surface area contributed by atoms with Gasteiger partial charge in [-0.25, -0.2) is 0 Å². The Labute approximate surface area is 208 Å². The van der Waals surface area contributed by atoms with Crippen LogP contribution < -0.4 is 10.1 Å². The fraction of sp³-hybridized carbons (Fsp3) is 0.417. The molecule has 0 heterocycles. The fourth-order valence-electron chi connectivity index (χ4n) is 3.23. The number of nitrogens with zero attached hydrogens (tertiary/aromatic N) is 1. The number of carbonyl (C=O) groups excluding carboxylic acids is 2. The molecule has 2 rings (SSSR count). The molecule has 0 bridgehead atoms. The van der Waals surface area contributed by atoms with Crippen LogP contribution in [0, 0.1) is 0 Å². The van der Waals surface area contributed by atoms with E-state index in [-0.39, 0.29) is 30.4 Å². The summed E-state index contributed by atoms with van der Waals surface area (Å²) in [4.78, 5) is 27.2. The molecule has 8 heteroatoms. The molecule has 0 fully saturated rings. The van der Waals surface area contributed by atoms with E-state index in [1.54, 1.807) is 25.2 Å². The summed E-state index contributed by atoms with van der Waals surface area (Å²) in [6.07, 6.45) is 0.445. The molecule has 0 spiro atoms. The maximum absolute atomic E-state index is 13.2. The van der Waals surface area contributed by atoms with Gasteiger partial charge < -0.3 is 15.0 Å². The number of rotatable bonds is 8. The second kappa shape index (κ2) is 11.4. The summed E-state index contributed by atoms with van der Waals surface area (Å²) < 4.78 is 6.59. The van der Waals surface area contributed by atoms with Crippen LogP contribution in [0.4, 0.5) is 0 Å². The molecule has 174 valence electrons. The van der Waals surface area contributed by atoms with Crippen LogP contribution in [0.1, 0.15) is 45.2 Å². The molecular weight excluding hydrogens is 515 g/mol. The average Bonchev–Trinajstić information content (AvgIpc) is 2.72. The van der Waals surface area contributed by atoms with Crippen molar-refractivity contribution in [1.29, 1.82) is 0 Å². The van der Waals surface area contributed by atoms with Crippen LogP contribution in [0.3, 0.4) is 0 Å². The second-order valence-corrected chi connectivity index (χ2v) is 10.2. The van der Waals surface area contributed by atoms with Gasteiger partial charge in [-0.1, -0.05) is 63.0 Å². The summed E-state index contributed by atoms with van der Waals surface area (Å²) in [5, 5.41) is 3.56. The summed E-state index contributed by atoms with van der Waals surface area (Å²) in [6, 6.07) is 10.2. The van der Waals surface area contributed by atoms with Crippen molar-refractivity contribution in [2.45, 2.75) is 52.1 Å². The zero-order valence-electron chi connectivity index (χ0n) is 19.0. The highest BCUT2D eigenvalue weighted by molar-refractivity contribution is 9.10. The zero-order valence-corrected chi connectivity index (χ0v) is 22.1. The Bertz CT molecular complexity index is 976.